The molecule has 0 aliphatic rings. The zero-order valence-electron chi connectivity index (χ0n) is 10.5. The number of hydrogen-bond donors (Lipinski definition) is 1. The summed E-state index contributed by atoms with van der Waals surface area (Å²) in [5.74, 6) is 0.405. The van der Waals surface area contributed by atoms with Crippen molar-refractivity contribution in [2.45, 2.75) is 19.4 Å². The highest BCUT2D eigenvalue weighted by atomic mass is 32.1. The molecule has 3 rings (SSSR count). The van der Waals surface area contributed by atoms with Gasteiger partial charge >= 0.3 is 0 Å². The lowest BCUT2D eigenvalue weighted by Gasteiger charge is -2.04. The zero-order valence-corrected chi connectivity index (χ0v) is 11.3. The van der Waals surface area contributed by atoms with Crippen LogP contribution in [0.25, 0.3) is 11.0 Å². The van der Waals surface area contributed by atoms with Gasteiger partial charge in [-0.05, 0) is 42.8 Å². The smallest absolute Gasteiger partial charge is 0.134 e. The molecule has 0 bridgehead atoms. The molecule has 4 heteroatoms. The Balaban J connectivity index is 1.98. The molecule has 3 aromatic rings. The molecule has 0 fully saturated rings. The SMILES string of the molecule is CCc1ccc(C(N)c2cc3cc(F)ccc3o2)s1. The molecule has 2 nitrogen and oxygen atoms in total. The quantitative estimate of drug-likeness (QED) is 0.776. The van der Waals surface area contributed by atoms with Crippen LogP contribution in [0.1, 0.15) is 28.5 Å². The van der Waals surface area contributed by atoms with E-state index in [9.17, 15) is 4.39 Å². The van der Waals surface area contributed by atoms with Crippen molar-refractivity contribution in [1.29, 1.82) is 0 Å². The summed E-state index contributed by atoms with van der Waals surface area (Å²) in [5, 5.41) is 0.748. The highest BCUT2D eigenvalue weighted by Crippen LogP contribution is 2.30. The Kier molecular flexibility index (Phi) is 3.12. The van der Waals surface area contributed by atoms with E-state index in [-0.39, 0.29) is 11.9 Å². The van der Waals surface area contributed by atoms with Gasteiger partial charge in [-0.25, -0.2) is 4.39 Å². The minimum Gasteiger partial charge on any atom is -0.459 e. The molecule has 0 radical (unpaired) electrons. The van der Waals surface area contributed by atoms with Crippen LogP contribution in [0.2, 0.25) is 0 Å². The highest BCUT2D eigenvalue weighted by molar-refractivity contribution is 7.12. The third kappa shape index (κ3) is 2.29. The van der Waals surface area contributed by atoms with Crippen molar-refractivity contribution in [2.75, 3.05) is 0 Å². The topological polar surface area (TPSA) is 39.2 Å². The molecule has 19 heavy (non-hydrogen) atoms. The number of rotatable bonds is 3. The lowest BCUT2D eigenvalue weighted by molar-refractivity contribution is 0.527. The summed E-state index contributed by atoms with van der Waals surface area (Å²) in [4.78, 5) is 2.36. The third-order valence-electron chi connectivity index (χ3n) is 3.14. The Morgan fingerprint density at radius 3 is 2.84 bits per heavy atom. The van der Waals surface area contributed by atoms with Crippen LogP contribution in [0.15, 0.2) is 40.8 Å². The minimum atomic E-state index is -0.291. The van der Waals surface area contributed by atoms with Crippen LogP contribution in [0, 0.1) is 5.82 Å². The van der Waals surface area contributed by atoms with Crippen LogP contribution in [0.4, 0.5) is 4.39 Å². The molecular weight excluding hydrogens is 261 g/mol. The van der Waals surface area contributed by atoms with Crippen LogP contribution >= 0.6 is 11.3 Å². The fourth-order valence-corrected chi connectivity index (χ4v) is 3.04. The summed E-state index contributed by atoms with van der Waals surface area (Å²) >= 11 is 1.69. The van der Waals surface area contributed by atoms with E-state index < -0.39 is 0 Å². The van der Waals surface area contributed by atoms with E-state index in [1.54, 1.807) is 17.4 Å². The van der Waals surface area contributed by atoms with Gasteiger partial charge in [0.2, 0.25) is 0 Å². The van der Waals surface area contributed by atoms with Crippen molar-refractivity contribution < 1.29 is 8.81 Å². The summed E-state index contributed by atoms with van der Waals surface area (Å²) in [6.07, 6.45) is 1.00. The van der Waals surface area contributed by atoms with Gasteiger partial charge in [0.1, 0.15) is 17.2 Å². The van der Waals surface area contributed by atoms with E-state index >= 15 is 0 Å². The van der Waals surface area contributed by atoms with Gasteiger partial charge in [0.15, 0.2) is 0 Å². The second-order valence-electron chi connectivity index (χ2n) is 4.47. The lowest BCUT2D eigenvalue weighted by atomic mass is 10.2. The Bertz CT molecular complexity index is 716. The van der Waals surface area contributed by atoms with E-state index in [1.807, 2.05) is 12.1 Å². The number of benzene rings is 1. The molecule has 1 aromatic carbocycles. The Morgan fingerprint density at radius 2 is 2.11 bits per heavy atom. The van der Waals surface area contributed by atoms with E-state index in [0.29, 0.717) is 11.3 Å². The average molecular weight is 275 g/mol. The normalized spacial score (nSPS) is 13.0. The van der Waals surface area contributed by atoms with Crippen LogP contribution in [-0.2, 0) is 6.42 Å². The maximum atomic E-state index is 13.1. The van der Waals surface area contributed by atoms with E-state index in [0.717, 1.165) is 16.7 Å². The van der Waals surface area contributed by atoms with Gasteiger partial charge in [-0.15, -0.1) is 11.3 Å². The molecule has 0 aliphatic heterocycles. The predicted molar refractivity (Wildman–Crippen MR) is 75.9 cm³/mol. The number of aryl methyl sites for hydroxylation is 1. The van der Waals surface area contributed by atoms with Gasteiger partial charge in [0, 0.05) is 15.1 Å². The van der Waals surface area contributed by atoms with Crippen molar-refractivity contribution in [2.24, 2.45) is 5.73 Å². The highest BCUT2D eigenvalue weighted by Gasteiger charge is 2.16. The van der Waals surface area contributed by atoms with Crippen LogP contribution in [0.5, 0.6) is 0 Å². The monoisotopic (exact) mass is 275 g/mol. The largest absolute Gasteiger partial charge is 0.459 e. The van der Waals surface area contributed by atoms with Crippen molar-refractivity contribution in [3.63, 3.8) is 0 Å². The van der Waals surface area contributed by atoms with Gasteiger partial charge in [-0.1, -0.05) is 6.92 Å². The zero-order chi connectivity index (χ0) is 13.4. The van der Waals surface area contributed by atoms with E-state index in [2.05, 4.69) is 13.0 Å². The molecule has 0 amide bonds. The Labute approximate surface area is 114 Å². The van der Waals surface area contributed by atoms with Crippen LogP contribution in [-0.4, -0.2) is 0 Å². The van der Waals surface area contributed by atoms with Crippen molar-refractivity contribution in [3.8, 4) is 0 Å². The van der Waals surface area contributed by atoms with Crippen LogP contribution < -0.4 is 5.73 Å². The second-order valence-corrected chi connectivity index (χ2v) is 5.67. The first-order valence-corrected chi connectivity index (χ1v) is 7.02. The maximum Gasteiger partial charge on any atom is 0.134 e. The van der Waals surface area contributed by atoms with Gasteiger partial charge < -0.3 is 10.2 Å². The Morgan fingerprint density at radius 1 is 1.26 bits per heavy atom. The maximum absolute atomic E-state index is 13.1. The summed E-state index contributed by atoms with van der Waals surface area (Å²) in [7, 11) is 0. The number of furan rings is 1. The number of thiophene rings is 1. The molecule has 0 saturated carbocycles. The van der Waals surface area contributed by atoms with Gasteiger partial charge in [-0.3, -0.25) is 0 Å². The minimum absolute atomic E-state index is 0.266. The molecule has 0 spiro atoms. The van der Waals surface area contributed by atoms with Gasteiger partial charge in [0.05, 0.1) is 6.04 Å². The summed E-state index contributed by atoms with van der Waals surface area (Å²) < 4.78 is 18.8. The fourth-order valence-electron chi connectivity index (χ4n) is 2.08. The second kappa shape index (κ2) is 4.79. The molecule has 2 N–H and O–H groups in total. The first-order chi connectivity index (χ1) is 9.17. The molecule has 2 heterocycles. The Hall–Kier alpha value is -1.65. The standard InChI is InChI=1S/C15H14FNOS/c1-2-11-4-6-14(19-11)15(17)13-8-9-7-10(16)3-5-12(9)18-13/h3-8,15H,2,17H2,1H3. The summed E-state index contributed by atoms with van der Waals surface area (Å²) in [6.45, 7) is 2.12. The lowest BCUT2D eigenvalue weighted by Crippen LogP contribution is -2.08. The van der Waals surface area contributed by atoms with E-state index in [1.165, 1.54) is 17.0 Å². The van der Waals surface area contributed by atoms with E-state index in [4.69, 9.17) is 10.2 Å². The summed E-state index contributed by atoms with van der Waals surface area (Å²) in [6, 6.07) is 10.1. The average Bonchev–Trinajstić information content (AvgIpc) is 3.03. The number of hydrogen-bond acceptors (Lipinski definition) is 3. The number of halogens is 1. The number of nitrogens with two attached hydrogens (primary N) is 1. The molecule has 98 valence electrons. The molecule has 2 aromatic heterocycles. The van der Waals surface area contributed by atoms with Crippen LogP contribution in [0.3, 0.4) is 0 Å². The number of fused-ring (bicyclic) bond motifs is 1. The fraction of sp³-hybridized carbons (Fsp3) is 0.200. The molecule has 1 unspecified atom stereocenters. The molecule has 0 saturated heterocycles. The first-order valence-electron chi connectivity index (χ1n) is 6.20. The predicted octanol–water partition coefficient (Wildman–Crippen LogP) is 4.24. The van der Waals surface area contributed by atoms with Gasteiger partial charge in [0.25, 0.3) is 0 Å². The van der Waals surface area contributed by atoms with Crippen molar-refractivity contribution in [3.05, 3.63) is 57.7 Å². The summed E-state index contributed by atoms with van der Waals surface area (Å²) in [5.41, 5.74) is 6.88. The first kappa shape index (κ1) is 12.4. The molecule has 0 aliphatic carbocycles. The van der Waals surface area contributed by atoms with Crippen molar-refractivity contribution >= 4 is 22.3 Å². The third-order valence-corrected chi connectivity index (χ3v) is 4.45. The van der Waals surface area contributed by atoms with Crippen molar-refractivity contribution in [1.82, 2.24) is 0 Å². The molecule has 1 atom stereocenters. The van der Waals surface area contributed by atoms with Gasteiger partial charge in [-0.2, -0.15) is 0 Å². The molecular formula is C15H14FNOS.